The lowest BCUT2D eigenvalue weighted by atomic mass is 9.43. The summed E-state index contributed by atoms with van der Waals surface area (Å²) in [5.41, 5.74) is 1.37. The Balaban J connectivity index is 1.34. The second-order valence-electron chi connectivity index (χ2n) is 11.1. The molecule has 3 aliphatic rings. The third-order valence-electron chi connectivity index (χ3n) is 8.96. The SMILES string of the molecule is CC1(C)C2C[C@H]1CCC2(CN=Cc1ccc2ccccc2c1O)N=Cc1ccc2ccccc2c1O. The molecule has 0 spiro atoms. The van der Waals surface area contributed by atoms with Crippen LogP contribution in [0.4, 0.5) is 0 Å². The van der Waals surface area contributed by atoms with E-state index in [1.807, 2.05) is 79.0 Å². The molecule has 4 heteroatoms. The summed E-state index contributed by atoms with van der Waals surface area (Å²) in [6, 6.07) is 23.6. The molecule has 0 radical (unpaired) electrons. The molecule has 4 aromatic rings. The number of aliphatic imine (C=N–C) groups is 2. The summed E-state index contributed by atoms with van der Waals surface area (Å²) in [7, 11) is 0. The fourth-order valence-electron chi connectivity index (χ4n) is 6.65. The van der Waals surface area contributed by atoms with Gasteiger partial charge in [-0.2, -0.15) is 0 Å². The largest absolute Gasteiger partial charge is 0.507 e. The van der Waals surface area contributed by atoms with Crippen LogP contribution in [0.25, 0.3) is 21.5 Å². The van der Waals surface area contributed by atoms with Crippen LogP contribution in [-0.4, -0.2) is 34.7 Å². The van der Waals surface area contributed by atoms with E-state index in [-0.39, 0.29) is 22.5 Å². The molecule has 3 saturated carbocycles. The molecule has 0 amide bonds. The highest BCUT2D eigenvalue weighted by Gasteiger charge is 2.61. The van der Waals surface area contributed by atoms with Crippen LogP contribution in [0.5, 0.6) is 11.5 Å². The van der Waals surface area contributed by atoms with Crippen LogP contribution >= 0.6 is 0 Å². The molecule has 0 aromatic heterocycles. The number of benzene rings is 4. The zero-order valence-electron chi connectivity index (χ0n) is 20.9. The summed E-state index contributed by atoms with van der Waals surface area (Å²) in [5.74, 6) is 1.72. The Hall–Kier alpha value is -3.66. The number of hydrogen-bond donors (Lipinski definition) is 2. The Morgan fingerprint density at radius 3 is 1.97 bits per heavy atom. The second-order valence-corrected chi connectivity index (χ2v) is 11.1. The van der Waals surface area contributed by atoms with Crippen molar-refractivity contribution >= 4 is 34.0 Å². The third-order valence-corrected chi connectivity index (χ3v) is 8.96. The molecule has 2 N–H and O–H groups in total. The van der Waals surface area contributed by atoms with Gasteiger partial charge in [0.2, 0.25) is 0 Å². The molecular weight excluding hydrogens is 444 g/mol. The van der Waals surface area contributed by atoms with E-state index in [4.69, 9.17) is 9.98 Å². The third kappa shape index (κ3) is 3.59. The first kappa shape index (κ1) is 22.8. The van der Waals surface area contributed by atoms with Crippen LogP contribution in [-0.2, 0) is 0 Å². The monoisotopic (exact) mass is 476 g/mol. The van der Waals surface area contributed by atoms with Crippen LogP contribution in [0.3, 0.4) is 0 Å². The molecule has 182 valence electrons. The maximum Gasteiger partial charge on any atom is 0.132 e. The number of phenolic OH excluding ortho intramolecular Hbond substituents is 2. The molecule has 3 aliphatic carbocycles. The van der Waals surface area contributed by atoms with Gasteiger partial charge in [0, 0.05) is 34.3 Å². The number of aromatic hydroxyl groups is 2. The Labute approximate surface area is 212 Å². The van der Waals surface area contributed by atoms with Crippen LogP contribution in [0.15, 0.2) is 82.8 Å². The minimum Gasteiger partial charge on any atom is -0.507 e. The molecule has 3 atom stereocenters. The van der Waals surface area contributed by atoms with E-state index in [2.05, 4.69) is 13.8 Å². The quantitative estimate of drug-likeness (QED) is 0.301. The average molecular weight is 477 g/mol. The highest BCUT2D eigenvalue weighted by Crippen LogP contribution is 2.64. The van der Waals surface area contributed by atoms with Crippen LogP contribution in [0.1, 0.15) is 44.2 Å². The minimum absolute atomic E-state index is 0.224. The zero-order chi connectivity index (χ0) is 24.9. The summed E-state index contributed by atoms with van der Waals surface area (Å²) in [4.78, 5) is 10.1. The molecule has 0 saturated heterocycles. The summed E-state index contributed by atoms with van der Waals surface area (Å²) >= 11 is 0. The number of hydrogen-bond acceptors (Lipinski definition) is 4. The van der Waals surface area contributed by atoms with Crippen molar-refractivity contribution in [2.75, 3.05) is 6.54 Å². The van der Waals surface area contributed by atoms with Crippen molar-refractivity contribution in [3.05, 3.63) is 83.9 Å². The molecule has 2 unspecified atom stereocenters. The van der Waals surface area contributed by atoms with Gasteiger partial charge in [0.25, 0.3) is 0 Å². The topological polar surface area (TPSA) is 65.2 Å². The van der Waals surface area contributed by atoms with E-state index < -0.39 is 0 Å². The normalized spacial score (nSPS) is 25.1. The smallest absolute Gasteiger partial charge is 0.132 e. The van der Waals surface area contributed by atoms with Crippen LogP contribution in [0, 0.1) is 17.3 Å². The van der Waals surface area contributed by atoms with E-state index in [9.17, 15) is 10.2 Å². The maximum atomic E-state index is 10.9. The van der Waals surface area contributed by atoms with Crippen molar-refractivity contribution in [1.82, 2.24) is 0 Å². The highest BCUT2D eigenvalue weighted by molar-refractivity contribution is 5.98. The summed E-state index contributed by atoms with van der Waals surface area (Å²) in [5, 5.41) is 25.5. The van der Waals surface area contributed by atoms with E-state index >= 15 is 0 Å². The van der Waals surface area contributed by atoms with Gasteiger partial charge in [-0.05, 0) is 59.4 Å². The molecule has 4 aromatic carbocycles. The number of rotatable bonds is 5. The fraction of sp³-hybridized carbons (Fsp3) is 0.312. The van der Waals surface area contributed by atoms with Crippen molar-refractivity contribution < 1.29 is 10.2 Å². The van der Waals surface area contributed by atoms with Crippen molar-refractivity contribution in [3.63, 3.8) is 0 Å². The number of fused-ring (bicyclic) bond motifs is 4. The van der Waals surface area contributed by atoms with Gasteiger partial charge in [0.1, 0.15) is 11.5 Å². The predicted molar refractivity (Wildman–Crippen MR) is 149 cm³/mol. The molecular formula is C32H32N2O2. The summed E-state index contributed by atoms with van der Waals surface area (Å²) < 4.78 is 0. The predicted octanol–water partition coefficient (Wildman–Crippen LogP) is 7.14. The van der Waals surface area contributed by atoms with Gasteiger partial charge >= 0.3 is 0 Å². The second kappa shape index (κ2) is 8.48. The van der Waals surface area contributed by atoms with Gasteiger partial charge in [-0.15, -0.1) is 0 Å². The van der Waals surface area contributed by atoms with Gasteiger partial charge in [-0.25, -0.2) is 0 Å². The van der Waals surface area contributed by atoms with Crippen molar-refractivity contribution in [3.8, 4) is 11.5 Å². The highest BCUT2D eigenvalue weighted by atomic mass is 16.3. The fourth-order valence-corrected chi connectivity index (χ4v) is 6.65. The number of nitrogens with zero attached hydrogens (tertiary/aromatic N) is 2. The zero-order valence-corrected chi connectivity index (χ0v) is 20.9. The van der Waals surface area contributed by atoms with Crippen molar-refractivity contribution in [2.45, 2.75) is 38.6 Å². The van der Waals surface area contributed by atoms with Crippen molar-refractivity contribution in [1.29, 1.82) is 0 Å². The molecule has 0 aliphatic heterocycles. The van der Waals surface area contributed by atoms with Crippen LogP contribution in [0.2, 0.25) is 0 Å². The Morgan fingerprint density at radius 2 is 1.39 bits per heavy atom. The van der Waals surface area contributed by atoms with E-state index in [0.717, 1.165) is 51.4 Å². The maximum absolute atomic E-state index is 10.9. The van der Waals surface area contributed by atoms with Gasteiger partial charge in [-0.1, -0.05) is 74.5 Å². The van der Waals surface area contributed by atoms with Gasteiger partial charge in [0.15, 0.2) is 0 Å². The first-order valence-corrected chi connectivity index (χ1v) is 12.9. The lowest BCUT2D eigenvalue weighted by Gasteiger charge is -2.63. The average Bonchev–Trinajstić information content (AvgIpc) is 2.90. The first-order chi connectivity index (χ1) is 17.4. The molecule has 3 fully saturated rings. The van der Waals surface area contributed by atoms with E-state index in [1.54, 1.807) is 6.21 Å². The van der Waals surface area contributed by atoms with Gasteiger partial charge in [-0.3, -0.25) is 9.98 Å². The van der Waals surface area contributed by atoms with Gasteiger partial charge in [0.05, 0.1) is 12.1 Å². The standard InChI is InChI=1S/C32H32N2O2/c1-31(2)25-15-16-32(28(31)17-25,34-19-24-14-12-22-8-4-6-10-27(22)30(24)36)20-33-18-23-13-11-21-7-3-5-9-26(21)29(23)35/h3-14,18-19,25,28,35-36H,15-17,20H2,1-2H3/t25-,28?,32?/m1/s1. The summed E-state index contributed by atoms with van der Waals surface area (Å²) in [6.45, 7) is 5.29. The minimum atomic E-state index is -0.320. The van der Waals surface area contributed by atoms with E-state index in [0.29, 0.717) is 12.5 Å². The number of phenols is 2. The lowest BCUT2D eigenvalue weighted by Crippen LogP contribution is -2.61. The molecule has 36 heavy (non-hydrogen) atoms. The van der Waals surface area contributed by atoms with Crippen LogP contribution < -0.4 is 0 Å². The van der Waals surface area contributed by atoms with Crippen molar-refractivity contribution in [2.24, 2.45) is 27.2 Å². The lowest BCUT2D eigenvalue weighted by molar-refractivity contribution is -0.112. The Morgan fingerprint density at radius 1 is 0.806 bits per heavy atom. The molecule has 0 heterocycles. The summed E-state index contributed by atoms with van der Waals surface area (Å²) in [6.07, 6.45) is 6.95. The molecule has 2 bridgehead atoms. The van der Waals surface area contributed by atoms with Gasteiger partial charge < -0.3 is 10.2 Å². The Kier molecular flexibility index (Phi) is 5.36. The molecule has 7 rings (SSSR count). The first-order valence-electron chi connectivity index (χ1n) is 12.9. The van der Waals surface area contributed by atoms with E-state index in [1.165, 1.54) is 6.42 Å². The Bertz CT molecular complexity index is 1520. The molecule has 4 nitrogen and oxygen atoms in total.